The zero-order chi connectivity index (χ0) is 22.3. The lowest BCUT2D eigenvalue weighted by Gasteiger charge is -2.41. The summed E-state index contributed by atoms with van der Waals surface area (Å²) in [6.45, 7) is 3.38. The molecule has 0 saturated carbocycles. The Morgan fingerprint density at radius 3 is 2.58 bits per heavy atom. The molecule has 1 saturated heterocycles. The van der Waals surface area contributed by atoms with Crippen LogP contribution < -0.4 is 15.1 Å². The first-order valence-electron chi connectivity index (χ1n) is 10.1. The van der Waals surface area contributed by atoms with Gasteiger partial charge in [-0.1, -0.05) is 17.7 Å². The largest absolute Gasteiger partial charge is 0.376 e. The number of halogens is 3. The second-order valence-corrected chi connectivity index (χ2v) is 8.31. The fraction of sp³-hybridized carbons (Fsp3) is 0.364. The summed E-state index contributed by atoms with van der Waals surface area (Å²) in [6, 6.07) is 7.94. The summed E-state index contributed by atoms with van der Waals surface area (Å²) in [7, 11) is 1.74. The van der Waals surface area contributed by atoms with Gasteiger partial charge in [0.2, 0.25) is 11.8 Å². The molecule has 2 amide bonds. The van der Waals surface area contributed by atoms with Crippen molar-refractivity contribution in [2.45, 2.75) is 19.4 Å². The highest BCUT2D eigenvalue weighted by Crippen LogP contribution is 2.30. The number of nitrogens with zero attached hydrogens (tertiary/aromatic N) is 3. The van der Waals surface area contributed by atoms with Gasteiger partial charge in [-0.05, 0) is 36.8 Å². The van der Waals surface area contributed by atoms with Gasteiger partial charge in [-0.15, -0.1) is 0 Å². The minimum absolute atomic E-state index is 0.0513. The van der Waals surface area contributed by atoms with Crippen LogP contribution in [0.3, 0.4) is 0 Å². The summed E-state index contributed by atoms with van der Waals surface area (Å²) < 4.78 is 27.6. The van der Waals surface area contributed by atoms with Crippen molar-refractivity contribution in [2.24, 2.45) is 0 Å². The molecule has 0 radical (unpaired) electrons. The molecule has 2 aliphatic rings. The Morgan fingerprint density at radius 2 is 1.90 bits per heavy atom. The van der Waals surface area contributed by atoms with E-state index in [0.717, 1.165) is 16.9 Å². The van der Waals surface area contributed by atoms with Crippen LogP contribution in [-0.4, -0.2) is 56.0 Å². The first kappa shape index (κ1) is 21.4. The third-order valence-corrected chi connectivity index (χ3v) is 6.25. The predicted molar refractivity (Wildman–Crippen MR) is 117 cm³/mol. The van der Waals surface area contributed by atoms with Crippen molar-refractivity contribution >= 4 is 40.5 Å². The summed E-state index contributed by atoms with van der Waals surface area (Å²) in [5.41, 5.74) is 3.01. The fourth-order valence-corrected chi connectivity index (χ4v) is 4.23. The Hall–Kier alpha value is -2.87. The van der Waals surface area contributed by atoms with Gasteiger partial charge >= 0.3 is 0 Å². The van der Waals surface area contributed by atoms with Gasteiger partial charge in [0.05, 0.1) is 13.0 Å². The Balaban J connectivity index is 1.36. The smallest absolute Gasteiger partial charge is 0.242 e. The molecular weight excluding hydrogens is 426 g/mol. The van der Waals surface area contributed by atoms with Crippen LogP contribution in [-0.2, 0) is 16.0 Å². The van der Waals surface area contributed by atoms with E-state index in [1.165, 1.54) is 12.1 Å². The fourth-order valence-electron chi connectivity index (χ4n) is 4.12. The minimum atomic E-state index is -0.797. The number of fused-ring (bicyclic) bond motifs is 1. The van der Waals surface area contributed by atoms with E-state index in [2.05, 4.69) is 5.32 Å². The molecule has 0 bridgehead atoms. The summed E-state index contributed by atoms with van der Waals surface area (Å²) in [6.07, 6.45) is 0.397. The number of carbonyl (C=O) groups is 2. The molecule has 1 atom stereocenters. The van der Waals surface area contributed by atoms with Gasteiger partial charge in [0.25, 0.3) is 0 Å². The summed E-state index contributed by atoms with van der Waals surface area (Å²) >= 11 is 5.57. The quantitative estimate of drug-likeness (QED) is 0.729. The van der Waals surface area contributed by atoms with Crippen molar-refractivity contribution in [3.8, 4) is 0 Å². The van der Waals surface area contributed by atoms with E-state index in [9.17, 15) is 18.4 Å². The van der Waals surface area contributed by atoms with Gasteiger partial charge in [0, 0.05) is 49.8 Å². The number of hydrogen-bond acceptors (Lipinski definition) is 4. The molecule has 4 rings (SSSR count). The van der Waals surface area contributed by atoms with Gasteiger partial charge in [0.1, 0.15) is 16.7 Å². The molecule has 6 nitrogen and oxygen atoms in total. The summed E-state index contributed by atoms with van der Waals surface area (Å²) in [5, 5.41) is 2.62. The van der Waals surface area contributed by atoms with Crippen molar-refractivity contribution in [1.29, 1.82) is 0 Å². The number of anilines is 3. The van der Waals surface area contributed by atoms with E-state index in [1.807, 2.05) is 30.0 Å². The van der Waals surface area contributed by atoms with Gasteiger partial charge in [-0.2, -0.15) is 0 Å². The first-order valence-corrected chi connectivity index (χ1v) is 10.4. The van der Waals surface area contributed by atoms with Crippen LogP contribution in [0.15, 0.2) is 30.3 Å². The van der Waals surface area contributed by atoms with Crippen molar-refractivity contribution < 1.29 is 18.4 Å². The molecule has 1 N–H and O–H groups in total. The number of benzene rings is 2. The lowest BCUT2D eigenvalue weighted by atomic mass is 10.1. The molecule has 2 aromatic rings. The average Bonchev–Trinajstić information content (AvgIpc) is 3.03. The molecule has 164 valence electrons. The Morgan fingerprint density at radius 1 is 1.19 bits per heavy atom. The summed E-state index contributed by atoms with van der Waals surface area (Å²) in [5.74, 6) is -1.61. The molecule has 2 aromatic carbocycles. The van der Waals surface area contributed by atoms with Crippen LogP contribution in [0.5, 0.6) is 0 Å². The van der Waals surface area contributed by atoms with Gasteiger partial charge in [-0.3, -0.25) is 9.59 Å². The van der Waals surface area contributed by atoms with Crippen molar-refractivity contribution in [2.75, 3.05) is 48.3 Å². The van der Waals surface area contributed by atoms with E-state index >= 15 is 0 Å². The number of rotatable bonds is 4. The van der Waals surface area contributed by atoms with E-state index in [4.69, 9.17) is 11.6 Å². The number of likely N-dealkylation sites (N-methyl/N-ethyl adjacent to an activating group) is 1. The topological polar surface area (TPSA) is 55.9 Å². The second-order valence-electron chi connectivity index (χ2n) is 7.93. The maximum absolute atomic E-state index is 13.8. The zero-order valence-electron chi connectivity index (χ0n) is 17.3. The average molecular weight is 449 g/mol. The third-order valence-electron chi connectivity index (χ3n) is 5.89. The van der Waals surface area contributed by atoms with Crippen molar-refractivity contribution in [1.82, 2.24) is 4.90 Å². The SMILES string of the molecule is C[C@@H]1CN(c2cc(F)c(Cl)c(F)c2)CCN1C(=O)CNc1ccc2c(c1)N(C)C(=O)C2. The number of hydrogen-bond donors (Lipinski definition) is 1. The van der Waals surface area contributed by atoms with Gasteiger partial charge in [0.15, 0.2) is 0 Å². The number of amides is 2. The van der Waals surface area contributed by atoms with E-state index in [0.29, 0.717) is 31.7 Å². The van der Waals surface area contributed by atoms with Crippen LogP contribution in [0.1, 0.15) is 12.5 Å². The Bertz CT molecular complexity index is 1030. The maximum Gasteiger partial charge on any atom is 0.242 e. The number of nitrogens with one attached hydrogen (secondary N) is 1. The monoisotopic (exact) mass is 448 g/mol. The van der Waals surface area contributed by atoms with Crippen LogP contribution in [0.4, 0.5) is 25.8 Å². The lowest BCUT2D eigenvalue weighted by Crippen LogP contribution is -2.55. The van der Waals surface area contributed by atoms with E-state index in [-0.39, 0.29) is 24.4 Å². The lowest BCUT2D eigenvalue weighted by molar-refractivity contribution is -0.131. The normalized spacial score (nSPS) is 18.4. The molecule has 9 heteroatoms. The second kappa shape index (κ2) is 8.34. The maximum atomic E-state index is 13.8. The highest BCUT2D eigenvalue weighted by molar-refractivity contribution is 6.31. The minimum Gasteiger partial charge on any atom is -0.376 e. The van der Waals surface area contributed by atoms with Crippen LogP contribution in [0.2, 0.25) is 5.02 Å². The number of carbonyl (C=O) groups excluding carboxylic acids is 2. The molecule has 2 heterocycles. The third kappa shape index (κ3) is 4.17. The molecular formula is C22H23ClF2N4O2. The molecule has 31 heavy (non-hydrogen) atoms. The van der Waals surface area contributed by atoms with Crippen LogP contribution in [0, 0.1) is 11.6 Å². The molecule has 2 aliphatic heterocycles. The van der Waals surface area contributed by atoms with Crippen molar-refractivity contribution in [3.05, 3.63) is 52.6 Å². The van der Waals surface area contributed by atoms with E-state index < -0.39 is 16.7 Å². The highest BCUT2D eigenvalue weighted by atomic mass is 35.5. The van der Waals surface area contributed by atoms with E-state index in [1.54, 1.807) is 16.8 Å². The Labute approximate surface area is 184 Å². The first-order chi connectivity index (χ1) is 14.7. The van der Waals surface area contributed by atoms with Gasteiger partial charge < -0.3 is 20.0 Å². The standard InChI is InChI=1S/C22H23ClF2N4O2/c1-13-12-28(16-9-17(24)22(23)18(25)10-16)5-6-29(13)21(31)11-26-15-4-3-14-7-20(30)27(2)19(14)8-15/h3-4,8-10,13,26H,5-7,11-12H2,1-2H3/t13-/m1/s1. The predicted octanol–water partition coefficient (Wildman–Crippen LogP) is 3.29. The molecule has 0 aliphatic carbocycles. The van der Waals surface area contributed by atoms with Crippen LogP contribution in [0.25, 0.3) is 0 Å². The molecule has 0 spiro atoms. The molecule has 0 unspecified atom stereocenters. The van der Waals surface area contributed by atoms with Crippen LogP contribution >= 0.6 is 11.6 Å². The summed E-state index contributed by atoms with van der Waals surface area (Å²) in [4.78, 5) is 29.8. The zero-order valence-corrected chi connectivity index (χ0v) is 18.0. The molecule has 1 fully saturated rings. The number of piperazine rings is 1. The van der Waals surface area contributed by atoms with Crippen molar-refractivity contribution in [3.63, 3.8) is 0 Å². The highest BCUT2D eigenvalue weighted by Gasteiger charge is 2.28. The Kier molecular flexibility index (Phi) is 5.75. The molecule has 0 aromatic heterocycles. The van der Waals surface area contributed by atoms with Gasteiger partial charge in [-0.25, -0.2) is 8.78 Å².